The van der Waals surface area contributed by atoms with Crippen LogP contribution in [0.15, 0.2) is 95.6 Å². The van der Waals surface area contributed by atoms with Gasteiger partial charge in [0.1, 0.15) is 0 Å². The van der Waals surface area contributed by atoms with E-state index in [9.17, 15) is 4.79 Å². The van der Waals surface area contributed by atoms with Crippen LogP contribution in [0.2, 0.25) is 0 Å². The smallest absolute Gasteiger partial charge is 0.220 e. The van der Waals surface area contributed by atoms with E-state index < -0.39 is 0 Å². The lowest BCUT2D eigenvalue weighted by Crippen LogP contribution is -2.35. The van der Waals surface area contributed by atoms with Crippen LogP contribution in [0.25, 0.3) is 0 Å². The fourth-order valence-corrected chi connectivity index (χ4v) is 12.3. The summed E-state index contributed by atoms with van der Waals surface area (Å²) < 4.78 is 0. The van der Waals surface area contributed by atoms with Gasteiger partial charge in [-0.3, -0.25) is 4.79 Å². The molecule has 0 aromatic carbocycles. The molecule has 5 heterocycles. The molecule has 3 spiro atoms. The highest BCUT2D eigenvalue weighted by Gasteiger charge is 2.46. The molecular formula is C51H63N5O. The number of allylic oxidation sites excluding steroid dienone is 7. The average molecular weight is 762 g/mol. The first-order valence-corrected chi connectivity index (χ1v) is 22.7. The van der Waals surface area contributed by atoms with Crippen LogP contribution in [0.4, 0.5) is 0 Å². The maximum Gasteiger partial charge on any atom is 0.220 e. The second-order valence-corrected chi connectivity index (χ2v) is 19.1. The molecule has 4 aromatic rings. The molecule has 3 saturated carbocycles. The van der Waals surface area contributed by atoms with Crippen molar-refractivity contribution in [1.82, 2.24) is 25.3 Å². The highest BCUT2D eigenvalue weighted by molar-refractivity contribution is 5.76. The van der Waals surface area contributed by atoms with Crippen LogP contribution in [0.5, 0.6) is 0 Å². The summed E-state index contributed by atoms with van der Waals surface area (Å²) in [6.45, 7) is 3.04. The Balaban J connectivity index is 0.991. The van der Waals surface area contributed by atoms with Crippen LogP contribution >= 0.6 is 0 Å². The molecule has 298 valence electrons. The predicted octanol–water partition coefficient (Wildman–Crippen LogP) is 11.8. The molecule has 5 aliphatic carbocycles. The first kappa shape index (κ1) is 36.9. The van der Waals surface area contributed by atoms with Crippen molar-refractivity contribution in [2.24, 2.45) is 0 Å². The molecule has 1 aliphatic heterocycles. The van der Waals surface area contributed by atoms with Gasteiger partial charge in [-0.1, -0.05) is 88.2 Å². The Morgan fingerprint density at radius 1 is 0.561 bits per heavy atom. The molecule has 0 radical (unpaired) electrons. The van der Waals surface area contributed by atoms with Crippen LogP contribution < -0.4 is 5.32 Å². The molecule has 0 atom stereocenters. The number of amides is 1. The van der Waals surface area contributed by atoms with Gasteiger partial charge in [0.25, 0.3) is 0 Å². The van der Waals surface area contributed by atoms with Gasteiger partial charge in [-0.25, -0.2) is 0 Å². The Labute approximate surface area is 339 Å². The number of carbonyl (C=O) groups excluding carboxylic acids is 1. The molecular weight excluding hydrogens is 699 g/mol. The molecule has 1 amide bonds. The lowest BCUT2D eigenvalue weighted by Gasteiger charge is -2.39. The standard InChI is InChI=1S/C51H63N5O/c1-48(27-13-16-47(57)52-35-36-17-18-38(34-36)37-14-5-6-15-37)39-19-21-41(53-39)49(28-7-2-8-29-49)43-23-25-45(55-43)51(32-11-4-12-33-51)46-26-24-44(56-46)50(30-9-3-10-31-50)42-22-20-40(48)54-42/h5-6,14,17-26,53-56H,2-4,7-13,15-16,27-35H2,1H3,(H,52,57). The minimum atomic E-state index is -0.316. The van der Waals surface area contributed by atoms with E-state index >= 15 is 0 Å². The zero-order valence-corrected chi connectivity index (χ0v) is 34.3. The van der Waals surface area contributed by atoms with Crippen LogP contribution in [0, 0.1) is 0 Å². The summed E-state index contributed by atoms with van der Waals surface area (Å²) in [5, 5.41) is 3.27. The zero-order chi connectivity index (χ0) is 38.5. The molecule has 10 rings (SSSR count). The van der Waals surface area contributed by atoms with E-state index in [1.165, 1.54) is 133 Å². The van der Waals surface area contributed by atoms with Crippen LogP contribution in [0.3, 0.4) is 0 Å². The maximum atomic E-state index is 13.4. The molecule has 5 N–H and O–H groups in total. The van der Waals surface area contributed by atoms with E-state index in [-0.39, 0.29) is 27.6 Å². The van der Waals surface area contributed by atoms with Gasteiger partial charge in [0.2, 0.25) is 5.91 Å². The van der Waals surface area contributed by atoms with Gasteiger partial charge in [-0.15, -0.1) is 0 Å². The second kappa shape index (κ2) is 14.7. The Morgan fingerprint density at radius 2 is 1.00 bits per heavy atom. The Morgan fingerprint density at radius 3 is 1.44 bits per heavy atom. The maximum absolute atomic E-state index is 13.4. The fraction of sp³-hybridized carbons (Fsp3) is 0.510. The van der Waals surface area contributed by atoms with Crippen molar-refractivity contribution in [2.75, 3.05) is 6.54 Å². The van der Waals surface area contributed by atoms with Crippen molar-refractivity contribution in [3.8, 4) is 0 Å². The number of aromatic nitrogens is 4. The molecule has 6 aliphatic rings. The van der Waals surface area contributed by atoms with Gasteiger partial charge in [0, 0.05) is 63.9 Å². The van der Waals surface area contributed by atoms with E-state index in [1.54, 1.807) is 0 Å². The number of hydrogen-bond donors (Lipinski definition) is 5. The molecule has 8 bridgehead atoms. The Bertz CT molecular complexity index is 2120. The monoisotopic (exact) mass is 762 g/mol. The van der Waals surface area contributed by atoms with E-state index in [4.69, 9.17) is 0 Å². The predicted molar refractivity (Wildman–Crippen MR) is 231 cm³/mol. The van der Waals surface area contributed by atoms with Gasteiger partial charge in [-0.05, 0) is 136 Å². The highest BCUT2D eigenvalue weighted by Crippen LogP contribution is 2.51. The number of aromatic amines is 4. The summed E-state index contributed by atoms with van der Waals surface area (Å²) in [4.78, 5) is 30.1. The number of fused-ring (bicyclic) bond motifs is 14. The minimum Gasteiger partial charge on any atom is -0.361 e. The topological polar surface area (TPSA) is 92.3 Å². The lowest BCUT2D eigenvalue weighted by atomic mass is 9.69. The van der Waals surface area contributed by atoms with Crippen molar-refractivity contribution in [3.05, 3.63) is 141 Å². The summed E-state index contributed by atoms with van der Waals surface area (Å²) in [7, 11) is 0. The van der Waals surface area contributed by atoms with Crippen LogP contribution in [-0.4, -0.2) is 32.4 Å². The molecule has 6 heteroatoms. The average Bonchev–Trinajstić information content (AvgIpc) is 4.10. The SMILES string of the molecule is CC1(CCCC(=O)NCC2=CC=C(C3=CC=CC3)C2)c2ccc([nH]2)C2(CCCCC2)c2ccc([nH]2)C2(CCCCC2)c2ccc([nH]2)C2(CCCCC2)c2ccc1[nH]2. The molecule has 4 aromatic heterocycles. The van der Waals surface area contributed by atoms with Crippen molar-refractivity contribution in [2.45, 2.75) is 157 Å². The molecule has 57 heavy (non-hydrogen) atoms. The lowest BCUT2D eigenvalue weighted by molar-refractivity contribution is -0.121. The number of rotatable bonds is 7. The van der Waals surface area contributed by atoms with Gasteiger partial charge in [0.05, 0.1) is 16.2 Å². The first-order chi connectivity index (χ1) is 27.9. The summed E-state index contributed by atoms with van der Waals surface area (Å²) in [6.07, 6.45) is 33.6. The van der Waals surface area contributed by atoms with Gasteiger partial charge >= 0.3 is 0 Å². The Hall–Kier alpha value is -4.45. The summed E-state index contributed by atoms with van der Waals surface area (Å²) in [5.74, 6) is 0.144. The number of H-pyrrole nitrogens is 4. The summed E-state index contributed by atoms with van der Waals surface area (Å²) in [5.41, 5.74) is 14.4. The van der Waals surface area contributed by atoms with Crippen molar-refractivity contribution in [3.63, 3.8) is 0 Å². The quantitative estimate of drug-likeness (QED) is 0.127. The van der Waals surface area contributed by atoms with E-state index in [0.717, 1.165) is 51.4 Å². The van der Waals surface area contributed by atoms with Crippen molar-refractivity contribution < 1.29 is 4.79 Å². The summed E-state index contributed by atoms with van der Waals surface area (Å²) in [6, 6.07) is 19.4. The van der Waals surface area contributed by atoms with E-state index in [0.29, 0.717) is 13.0 Å². The van der Waals surface area contributed by atoms with Crippen molar-refractivity contribution >= 4 is 5.91 Å². The third kappa shape index (κ3) is 6.32. The third-order valence-corrected chi connectivity index (χ3v) is 15.9. The van der Waals surface area contributed by atoms with E-state index in [1.807, 2.05) is 0 Å². The minimum absolute atomic E-state index is 0.0109. The fourth-order valence-electron chi connectivity index (χ4n) is 12.3. The number of carbonyl (C=O) groups is 1. The van der Waals surface area contributed by atoms with E-state index in [2.05, 4.69) is 111 Å². The van der Waals surface area contributed by atoms with Crippen LogP contribution in [-0.2, 0) is 26.5 Å². The number of nitrogens with one attached hydrogen (secondary N) is 5. The third-order valence-electron chi connectivity index (χ3n) is 15.9. The largest absolute Gasteiger partial charge is 0.361 e. The molecule has 6 nitrogen and oxygen atoms in total. The highest BCUT2D eigenvalue weighted by atomic mass is 16.1. The molecule has 3 fully saturated rings. The number of hydrogen-bond acceptors (Lipinski definition) is 1. The first-order valence-electron chi connectivity index (χ1n) is 22.7. The Kier molecular flexibility index (Phi) is 9.53. The normalized spacial score (nSPS) is 22.8. The van der Waals surface area contributed by atoms with Gasteiger partial charge in [0.15, 0.2) is 0 Å². The summed E-state index contributed by atoms with van der Waals surface area (Å²) >= 11 is 0. The second-order valence-electron chi connectivity index (χ2n) is 19.1. The molecule has 0 saturated heterocycles. The molecule has 0 unspecified atom stereocenters. The van der Waals surface area contributed by atoms with Gasteiger partial charge < -0.3 is 25.3 Å². The van der Waals surface area contributed by atoms with Crippen LogP contribution in [0.1, 0.15) is 181 Å². The zero-order valence-electron chi connectivity index (χ0n) is 34.3. The van der Waals surface area contributed by atoms with Crippen molar-refractivity contribution in [1.29, 1.82) is 0 Å². The van der Waals surface area contributed by atoms with Gasteiger partial charge in [-0.2, -0.15) is 0 Å².